The molecule has 1 saturated carbocycles. The molecule has 0 aromatic carbocycles. The molecule has 1 aromatic rings. The number of amides is 1. The predicted octanol–water partition coefficient (Wildman–Crippen LogP) is 3.27. The maximum atomic E-state index is 11.6. The fourth-order valence-corrected chi connectivity index (χ4v) is 3.12. The molecule has 1 aliphatic carbocycles. The fraction of sp³-hybridized carbons (Fsp3) is 0.615. The van der Waals surface area contributed by atoms with Crippen LogP contribution in [0, 0.1) is 0 Å². The molecule has 6 heteroatoms. The van der Waals surface area contributed by atoms with E-state index >= 15 is 0 Å². The van der Waals surface area contributed by atoms with Gasteiger partial charge in [-0.1, -0.05) is 0 Å². The van der Waals surface area contributed by atoms with Crippen LogP contribution in [0.1, 0.15) is 32.1 Å². The van der Waals surface area contributed by atoms with Crippen molar-refractivity contribution in [2.45, 2.75) is 51.4 Å². The Morgan fingerprint density at radius 1 is 1.53 bits per heavy atom. The number of rotatable bonds is 4. The van der Waals surface area contributed by atoms with Crippen molar-refractivity contribution >= 4 is 33.4 Å². The minimum atomic E-state index is -0.439. The van der Waals surface area contributed by atoms with Gasteiger partial charge in [0.2, 0.25) is 0 Å². The van der Waals surface area contributed by atoms with Crippen LogP contribution in [0.25, 0.3) is 0 Å². The van der Waals surface area contributed by atoms with Crippen LogP contribution in [-0.4, -0.2) is 23.8 Å². The summed E-state index contributed by atoms with van der Waals surface area (Å²) in [4.78, 5) is 12.9. The van der Waals surface area contributed by atoms with Crippen molar-refractivity contribution < 1.29 is 9.53 Å². The first-order valence-electron chi connectivity index (χ1n) is 6.29. The van der Waals surface area contributed by atoms with Crippen molar-refractivity contribution in [3.05, 3.63) is 20.8 Å². The zero-order valence-corrected chi connectivity index (χ0v) is 13.7. The number of ether oxygens (including phenoxy) is 1. The van der Waals surface area contributed by atoms with Gasteiger partial charge < -0.3 is 15.4 Å². The summed E-state index contributed by atoms with van der Waals surface area (Å²) in [5.74, 6) is 0. The van der Waals surface area contributed by atoms with Gasteiger partial charge in [-0.15, -0.1) is 11.3 Å². The lowest BCUT2D eigenvalue weighted by Crippen LogP contribution is -2.36. The van der Waals surface area contributed by atoms with Crippen molar-refractivity contribution in [1.29, 1.82) is 0 Å². The smallest absolute Gasteiger partial charge is 0.407 e. The van der Waals surface area contributed by atoms with E-state index in [0.717, 1.165) is 17.4 Å². The first-order valence-corrected chi connectivity index (χ1v) is 7.96. The van der Waals surface area contributed by atoms with Crippen molar-refractivity contribution in [2.24, 2.45) is 0 Å². The van der Waals surface area contributed by atoms with E-state index in [1.54, 1.807) is 11.3 Å². The van der Waals surface area contributed by atoms with E-state index in [2.05, 4.69) is 38.0 Å². The molecule has 0 spiro atoms. The van der Waals surface area contributed by atoms with Gasteiger partial charge in [0, 0.05) is 33.4 Å². The van der Waals surface area contributed by atoms with E-state index in [9.17, 15) is 4.79 Å². The molecule has 106 valence electrons. The van der Waals surface area contributed by atoms with Crippen LogP contribution in [0.3, 0.4) is 0 Å². The maximum absolute atomic E-state index is 11.6. The lowest BCUT2D eigenvalue weighted by atomic mass is 10.2. The number of alkyl carbamates (subject to hydrolysis) is 1. The van der Waals surface area contributed by atoms with Gasteiger partial charge in [-0.25, -0.2) is 4.79 Å². The summed E-state index contributed by atoms with van der Waals surface area (Å²) >= 11 is 5.16. The average molecular weight is 347 g/mol. The molecule has 4 nitrogen and oxygen atoms in total. The molecule has 1 aromatic heterocycles. The molecule has 0 bridgehead atoms. The zero-order valence-electron chi connectivity index (χ0n) is 11.3. The number of hydrogen-bond donors (Lipinski definition) is 2. The molecular weight excluding hydrogens is 328 g/mol. The summed E-state index contributed by atoms with van der Waals surface area (Å²) in [5.41, 5.74) is -0.439. The Morgan fingerprint density at radius 3 is 2.84 bits per heavy atom. The van der Waals surface area contributed by atoms with E-state index < -0.39 is 5.60 Å². The van der Waals surface area contributed by atoms with Gasteiger partial charge >= 0.3 is 6.09 Å². The van der Waals surface area contributed by atoms with Crippen LogP contribution >= 0.6 is 27.3 Å². The SMILES string of the molecule is CC(C)(C)OC(=O)NC1CC1NCc1cc(Br)cs1. The molecule has 2 atom stereocenters. The monoisotopic (exact) mass is 346 g/mol. The predicted molar refractivity (Wildman–Crippen MR) is 80.4 cm³/mol. The fourth-order valence-electron chi connectivity index (χ4n) is 1.72. The lowest BCUT2D eigenvalue weighted by molar-refractivity contribution is 0.0522. The largest absolute Gasteiger partial charge is 0.444 e. The van der Waals surface area contributed by atoms with Crippen LogP contribution in [-0.2, 0) is 11.3 Å². The van der Waals surface area contributed by atoms with Gasteiger partial charge in [0.15, 0.2) is 0 Å². The van der Waals surface area contributed by atoms with Crippen molar-refractivity contribution in [3.8, 4) is 0 Å². The first kappa shape index (κ1) is 14.8. The Bertz CT molecular complexity index is 456. The molecule has 19 heavy (non-hydrogen) atoms. The van der Waals surface area contributed by atoms with Gasteiger partial charge in [0.25, 0.3) is 0 Å². The molecule has 0 radical (unpaired) electrons. The molecular formula is C13H19BrN2O2S. The van der Waals surface area contributed by atoms with Gasteiger partial charge in [-0.05, 0) is 49.2 Å². The Labute approximate surface area is 126 Å². The summed E-state index contributed by atoms with van der Waals surface area (Å²) in [7, 11) is 0. The summed E-state index contributed by atoms with van der Waals surface area (Å²) < 4.78 is 6.34. The second-order valence-electron chi connectivity index (χ2n) is 5.71. The third kappa shape index (κ3) is 5.12. The average Bonchev–Trinajstić information content (AvgIpc) is 2.84. The summed E-state index contributed by atoms with van der Waals surface area (Å²) in [5, 5.41) is 8.37. The number of carbonyl (C=O) groups excluding carboxylic acids is 1. The third-order valence-electron chi connectivity index (χ3n) is 2.65. The molecule has 2 unspecified atom stereocenters. The molecule has 2 N–H and O–H groups in total. The highest BCUT2D eigenvalue weighted by molar-refractivity contribution is 9.10. The van der Waals surface area contributed by atoms with E-state index in [1.807, 2.05) is 20.8 Å². The number of thiophene rings is 1. The van der Waals surface area contributed by atoms with Crippen LogP contribution in [0.15, 0.2) is 15.9 Å². The van der Waals surface area contributed by atoms with E-state index in [-0.39, 0.29) is 12.1 Å². The van der Waals surface area contributed by atoms with Gasteiger partial charge in [-0.3, -0.25) is 0 Å². The van der Waals surface area contributed by atoms with Crippen LogP contribution in [0.2, 0.25) is 0 Å². The number of hydrogen-bond acceptors (Lipinski definition) is 4. The second kappa shape index (κ2) is 5.81. The quantitative estimate of drug-likeness (QED) is 0.879. The Kier molecular flexibility index (Phi) is 4.53. The molecule has 1 heterocycles. The molecule has 1 aliphatic rings. The number of carbonyl (C=O) groups is 1. The first-order chi connectivity index (χ1) is 8.83. The molecule has 1 amide bonds. The molecule has 2 rings (SSSR count). The van der Waals surface area contributed by atoms with Crippen LogP contribution in [0.5, 0.6) is 0 Å². The zero-order chi connectivity index (χ0) is 14.0. The van der Waals surface area contributed by atoms with Crippen molar-refractivity contribution in [1.82, 2.24) is 10.6 Å². The van der Waals surface area contributed by atoms with Gasteiger partial charge in [-0.2, -0.15) is 0 Å². The topological polar surface area (TPSA) is 50.4 Å². The second-order valence-corrected chi connectivity index (χ2v) is 7.62. The summed E-state index contributed by atoms with van der Waals surface area (Å²) in [6, 6.07) is 2.66. The molecule has 1 fully saturated rings. The lowest BCUT2D eigenvalue weighted by Gasteiger charge is -2.19. The minimum absolute atomic E-state index is 0.193. The van der Waals surface area contributed by atoms with E-state index in [0.29, 0.717) is 6.04 Å². The summed E-state index contributed by atoms with van der Waals surface area (Å²) in [6.45, 7) is 6.44. The Morgan fingerprint density at radius 2 is 2.26 bits per heavy atom. The highest BCUT2D eigenvalue weighted by atomic mass is 79.9. The van der Waals surface area contributed by atoms with Crippen molar-refractivity contribution in [2.75, 3.05) is 0 Å². The van der Waals surface area contributed by atoms with Crippen molar-refractivity contribution in [3.63, 3.8) is 0 Å². The molecule has 0 aliphatic heterocycles. The maximum Gasteiger partial charge on any atom is 0.407 e. The number of halogens is 1. The highest BCUT2D eigenvalue weighted by Crippen LogP contribution is 2.24. The third-order valence-corrected chi connectivity index (χ3v) is 4.35. The Balaban J connectivity index is 1.66. The normalized spacial score (nSPS) is 22.1. The molecule has 0 saturated heterocycles. The number of nitrogens with one attached hydrogen (secondary N) is 2. The Hall–Kier alpha value is -0.590. The minimum Gasteiger partial charge on any atom is -0.444 e. The van der Waals surface area contributed by atoms with E-state index in [1.165, 1.54) is 4.88 Å². The van der Waals surface area contributed by atoms with Crippen LogP contribution < -0.4 is 10.6 Å². The van der Waals surface area contributed by atoms with Gasteiger partial charge in [0.05, 0.1) is 0 Å². The van der Waals surface area contributed by atoms with Gasteiger partial charge in [0.1, 0.15) is 5.60 Å². The highest BCUT2D eigenvalue weighted by Gasteiger charge is 2.38. The van der Waals surface area contributed by atoms with E-state index in [4.69, 9.17) is 4.74 Å². The van der Waals surface area contributed by atoms with Crippen LogP contribution in [0.4, 0.5) is 4.79 Å². The summed E-state index contributed by atoms with van der Waals surface area (Å²) in [6.07, 6.45) is 0.631. The standard InChI is InChI=1S/C13H19BrN2O2S/c1-13(2,3)18-12(17)16-11-5-10(11)15-6-9-4-8(14)7-19-9/h4,7,10-11,15H,5-6H2,1-3H3,(H,16,17).